The number of carbonyl (C=O) groups is 1. The molecule has 4 nitrogen and oxygen atoms in total. The predicted octanol–water partition coefficient (Wildman–Crippen LogP) is 3.04. The van der Waals surface area contributed by atoms with Gasteiger partial charge in [0.05, 0.1) is 12.8 Å². The zero-order chi connectivity index (χ0) is 16.0. The Kier molecular flexibility index (Phi) is 3.47. The van der Waals surface area contributed by atoms with Gasteiger partial charge < -0.3 is 15.5 Å². The maximum absolute atomic E-state index is 11.5. The molecule has 3 aromatic rings. The lowest BCUT2D eigenvalue weighted by atomic mass is 9.94. The number of fused-ring (bicyclic) bond motifs is 5. The van der Waals surface area contributed by atoms with Crippen LogP contribution in [0.1, 0.15) is 15.3 Å². The van der Waals surface area contributed by atoms with Crippen LogP contribution in [0.3, 0.4) is 0 Å². The molecule has 23 heavy (non-hydrogen) atoms. The molecule has 0 saturated heterocycles. The van der Waals surface area contributed by atoms with Gasteiger partial charge in [0.25, 0.3) is 0 Å². The van der Waals surface area contributed by atoms with Crippen LogP contribution in [-0.4, -0.2) is 24.1 Å². The molecule has 0 amide bonds. The van der Waals surface area contributed by atoms with E-state index in [0.29, 0.717) is 6.42 Å². The number of hydrogen-bond acceptors (Lipinski definition) is 4. The second kappa shape index (κ2) is 5.51. The summed E-state index contributed by atoms with van der Waals surface area (Å²) in [5, 5.41) is 1.31. The standard InChI is InChI=1S/C18H18N2O2S/c1-22-18(21)14(19)9-10-8-13-16(23-10)7-6-12-11-4-2-3-5-15(11)20-17(12)13/h2-5,8,14,20H,6-7,9,19H2,1H3. The summed E-state index contributed by atoms with van der Waals surface area (Å²) in [6.45, 7) is 0. The van der Waals surface area contributed by atoms with E-state index >= 15 is 0 Å². The molecular weight excluding hydrogens is 308 g/mol. The molecule has 0 aliphatic heterocycles. The molecule has 1 aliphatic carbocycles. The number of aromatic amines is 1. The first kappa shape index (κ1) is 14.5. The maximum atomic E-state index is 11.5. The molecule has 0 saturated carbocycles. The fourth-order valence-electron chi connectivity index (χ4n) is 3.36. The highest BCUT2D eigenvalue weighted by molar-refractivity contribution is 7.12. The summed E-state index contributed by atoms with van der Waals surface area (Å²) in [6, 6.07) is 10.0. The zero-order valence-electron chi connectivity index (χ0n) is 12.9. The first-order valence-corrected chi connectivity index (χ1v) is 8.54. The van der Waals surface area contributed by atoms with Gasteiger partial charge in [0.2, 0.25) is 0 Å². The first-order chi connectivity index (χ1) is 11.2. The molecular formula is C18H18N2O2S. The molecule has 118 valence electrons. The number of ether oxygens (including phenoxy) is 1. The van der Waals surface area contributed by atoms with E-state index in [1.807, 2.05) is 0 Å². The highest BCUT2D eigenvalue weighted by atomic mass is 32.1. The molecule has 1 aliphatic rings. The minimum Gasteiger partial charge on any atom is -0.468 e. The fraction of sp³-hybridized carbons (Fsp3) is 0.278. The van der Waals surface area contributed by atoms with Gasteiger partial charge in [0.15, 0.2) is 0 Å². The van der Waals surface area contributed by atoms with Crippen molar-refractivity contribution in [1.82, 2.24) is 4.98 Å². The summed E-state index contributed by atoms with van der Waals surface area (Å²) in [5.41, 5.74) is 11.0. The van der Waals surface area contributed by atoms with Gasteiger partial charge >= 0.3 is 5.97 Å². The molecule has 1 atom stereocenters. The van der Waals surface area contributed by atoms with Crippen LogP contribution in [-0.2, 0) is 28.8 Å². The molecule has 5 heteroatoms. The number of aryl methyl sites for hydroxylation is 2. The van der Waals surface area contributed by atoms with Gasteiger partial charge in [0, 0.05) is 32.6 Å². The average molecular weight is 326 g/mol. The van der Waals surface area contributed by atoms with Crippen LogP contribution < -0.4 is 5.73 Å². The summed E-state index contributed by atoms with van der Waals surface area (Å²) in [4.78, 5) is 17.6. The largest absolute Gasteiger partial charge is 0.468 e. The van der Waals surface area contributed by atoms with Gasteiger partial charge in [-0.3, -0.25) is 4.79 Å². The molecule has 0 spiro atoms. The quantitative estimate of drug-likeness (QED) is 0.727. The van der Waals surface area contributed by atoms with Crippen molar-refractivity contribution < 1.29 is 9.53 Å². The van der Waals surface area contributed by atoms with E-state index < -0.39 is 6.04 Å². The molecule has 4 rings (SSSR count). The monoisotopic (exact) mass is 326 g/mol. The Balaban J connectivity index is 1.73. The molecule has 3 N–H and O–H groups in total. The zero-order valence-corrected chi connectivity index (χ0v) is 13.7. The lowest BCUT2D eigenvalue weighted by molar-refractivity contribution is -0.142. The van der Waals surface area contributed by atoms with Gasteiger partial charge in [-0.25, -0.2) is 0 Å². The fourth-order valence-corrected chi connectivity index (χ4v) is 4.59. The second-order valence-corrected chi connectivity index (χ2v) is 7.13. The summed E-state index contributed by atoms with van der Waals surface area (Å²) in [7, 11) is 1.37. The highest BCUT2D eigenvalue weighted by Gasteiger charge is 2.24. The van der Waals surface area contributed by atoms with E-state index in [-0.39, 0.29) is 5.97 Å². The topological polar surface area (TPSA) is 68.1 Å². The summed E-state index contributed by atoms with van der Waals surface area (Å²) >= 11 is 1.76. The predicted molar refractivity (Wildman–Crippen MR) is 92.7 cm³/mol. The van der Waals surface area contributed by atoms with E-state index in [1.165, 1.54) is 39.7 Å². The summed E-state index contributed by atoms with van der Waals surface area (Å²) in [5.74, 6) is -0.359. The van der Waals surface area contributed by atoms with Gasteiger partial charge in [-0.15, -0.1) is 11.3 Å². The molecule has 1 unspecified atom stereocenters. The number of benzene rings is 1. The van der Waals surface area contributed by atoms with Crippen molar-refractivity contribution in [2.75, 3.05) is 7.11 Å². The van der Waals surface area contributed by atoms with Crippen LogP contribution in [0.25, 0.3) is 22.2 Å². The van der Waals surface area contributed by atoms with Gasteiger partial charge in [0.1, 0.15) is 6.04 Å². The Labute approximate surface area is 138 Å². The number of H-pyrrole nitrogens is 1. The van der Waals surface area contributed by atoms with Crippen molar-refractivity contribution in [2.24, 2.45) is 5.73 Å². The van der Waals surface area contributed by atoms with Crippen molar-refractivity contribution in [3.05, 3.63) is 45.6 Å². The number of aromatic nitrogens is 1. The SMILES string of the molecule is COC(=O)C(N)Cc1cc2c(s1)CCc1c-2[nH]c2ccccc12. The first-order valence-electron chi connectivity index (χ1n) is 7.72. The van der Waals surface area contributed by atoms with Crippen LogP contribution in [0.4, 0.5) is 0 Å². The Hall–Kier alpha value is -2.11. The van der Waals surface area contributed by atoms with Crippen molar-refractivity contribution >= 4 is 28.2 Å². The van der Waals surface area contributed by atoms with Gasteiger partial charge in [-0.05, 0) is 30.5 Å². The molecule has 2 heterocycles. The van der Waals surface area contributed by atoms with Crippen LogP contribution in [0.15, 0.2) is 30.3 Å². The lowest BCUT2D eigenvalue weighted by Crippen LogP contribution is -2.33. The Bertz CT molecular complexity index is 894. The number of hydrogen-bond donors (Lipinski definition) is 2. The summed E-state index contributed by atoms with van der Waals surface area (Å²) in [6.07, 6.45) is 2.62. The number of nitrogens with two attached hydrogens (primary N) is 1. The van der Waals surface area contributed by atoms with Crippen LogP contribution >= 0.6 is 11.3 Å². The van der Waals surface area contributed by atoms with Crippen molar-refractivity contribution in [1.29, 1.82) is 0 Å². The number of nitrogens with one attached hydrogen (secondary N) is 1. The summed E-state index contributed by atoms with van der Waals surface area (Å²) < 4.78 is 4.72. The number of thiophene rings is 1. The van der Waals surface area contributed by atoms with Crippen LogP contribution in [0.2, 0.25) is 0 Å². The Morgan fingerprint density at radius 3 is 3.04 bits per heavy atom. The van der Waals surface area contributed by atoms with Crippen molar-refractivity contribution in [3.63, 3.8) is 0 Å². The second-order valence-electron chi connectivity index (χ2n) is 5.91. The average Bonchev–Trinajstić information content (AvgIpc) is 3.14. The number of rotatable bonds is 3. The molecule has 1 aromatic carbocycles. The maximum Gasteiger partial charge on any atom is 0.323 e. The van der Waals surface area contributed by atoms with Gasteiger partial charge in [-0.1, -0.05) is 18.2 Å². The minimum absolute atomic E-state index is 0.359. The van der Waals surface area contributed by atoms with Crippen molar-refractivity contribution in [2.45, 2.75) is 25.3 Å². The number of esters is 1. The van der Waals surface area contributed by atoms with Crippen LogP contribution in [0.5, 0.6) is 0 Å². The Morgan fingerprint density at radius 2 is 2.22 bits per heavy atom. The molecule has 2 aromatic heterocycles. The van der Waals surface area contributed by atoms with Crippen LogP contribution in [0, 0.1) is 0 Å². The van der Waals surface area contributed by atoms with E-state index in [4.69, 9.17) is 10.5 Å². The van der Waals surface area contributed by atoms with Gasteiger partial charge in [-0.2, -0.15) is 0 Å². The normalized spacial score (nSPS) is 14.3. The van der Waals surface area contributed by atoms with Crippen molar-refractivity contribution in [3.8, 4) is 11.3 Å². The third-order valence-corrected chi connectivity index (χ3v) is 5.69. The third-order valence-electron chi connectivity index (χ3n) is 4.47. The van der Waals surface area contributed by atoms with E-state index in [0.717, 1.165) is 17.7 Å². The Morgan fingerprint density at radius 1 is 1.39 bits per heavy atom. The third kappa shape index (κ3) is 2.36. The number of para-hydroxylation sites is 1. The van der Waals surface area contributed by atoms with E-state index in [9.17, 15) is 4.79 Å². The van der Waals surface area contributed by atoms with E-state index in [2.05, 4.69) is 35.3 Å². The number of carbonyl (C=O) groups excluding carboxylic acids is 1. The van der Waals surface area contributed by atoms with E-state index in [1.54, 1.807) is 11.3 Å². The molecule has 0 bridgehead atoms. The smallest absolute Gasteiger partial charge is 0.323 e. The molecule has 0 radical (unpaired) electrons. The number of methoxy groups -OCH3 is 1. The highest BCUT2D eigenvalue weighted by Crippen LogP contribution is 2.41. The minimum atomic E-state index is -0.595. The molecule has 0 fully saturated rings. The lowest BCUT2D eigenvalue weighted by Gasteiger charge is -2.11.